The Labute approximate surface area is 144 Å². The summed E-state index contributed by atoms with van der Waals surface area (Å²) in [5.41, 5.74) is 2.87. The number of carbonyl (C=O) groups is 1. The molecule has 2 aromatic carbocycles. The van der Waals surface area contributed by atoms with Gasteiger partial charge in [-0.15, -0.1) is 0 Å². The molecule has 5 nitrogen and oxygen atoms in total. The molecule has 0 atom stereocenters. The molecule has 0 saturated carbocycles. The van der Waals surface area contributed by atoms with Crippen LogP contribution in [0.2, 0.25) is 5.02 Å². The van der Waals surface area contributed by atoms with Crippen molar-refractivity contribution in [2.45, 2.75) is 20.0 Å². The number of carbonyl (C=O) groups excluding carboxylic acids is 1. The topological polar surface area (TPSA) is 60.0 Å². The van der Waals surface area contributed by atoms with Gasteiger partial charge in [-0.1, -0.05) is 41.9 Å². The minimum Gasteiger partial charge on any atom is -0.465 e. The quantitative estimate of drug-likeness (QED) is 0.723. The van der Waals surface area contributed by atoms with Crippen LogP contribution in [0.5, 0.6) is 0 Å². The van der Waals surface area contributed by atoms with Crippen LogP contribution < -0.4 is 5.62 Å². The van der Waals surface area contributed by atoms with Crippen molar-refractivity contribution in [2.75, 3.05) is 6.61 Å². The lowest BCUT2D eigenvalue weighted by Gasteiger charge is -2.07. The smallest absolute Gasteiger partial charge is 0.326 e. The summed E-state index contributed by atoms with van der Waals surface area (Å²) < 4.78 is 8.52. The van der Waals surface area contributed by atoms with E-state index in [9.17, 15) is 4.79 Å². The molecule has 24 heavy (non-hydrogen) atoms. The van der Waals surface area contributed by atoms with Gasteiger partial charge in [-0.2, -0.15) is 0 Å². The third kappa shape index (κ3) is 3.08. The van der Waals surface area contributed by atoms with Crippen molar-refractivity contribution in [3.05, 3.63) is 64.7 Å². The molecule has 6 heteroatoms. The summed E-state index contributed by atoms with van der Waals surface area (Å²) in [4.78, 5) is 11.9. The number of fused-ring (bicyclic) bond motifs is 1. The number of imidazole rings is 1. The van der Waals surface area contributed by atoms with Gasteiger partial charge in [-0.3, -0.25) is 14.8 Å². The Morgan fingerprint density at radius 3 is 2.38 bits per heavy atom. The van der Waals surface area contributed by atoms with Crippen molar-refractivity contribution >= 4 is 28.6 Å². The SMILES string of the molecule is CCOC(=O)Cn1c(=N)n(Cc2ccccc2Cl)c2ccccc21. The number of aromatic nitrogens is 2. The molecule has 0 spiro atoms. The molecule has 1 N–H and O–H groups in total. The normalized spacial score (nSPS) is 10.9. The first-order valence-electron chi connectivity index (χ1n) is 7.73. The highest BCUT2D eigenvalue weighted by Gasteiger charge is 2.14. The Bertz CT molecular complexity index is 943. The van der Waals surface area contributed by atoms with E-state index in [2.05, 4.69) is 0 Å². The first-order valence-corrected chi connectivity index (χ1v) is 8.11. The van der Waals surface area contributed by atoms with E-state index < -0.39 is 0 Å². The lowest BCUT2D eigenvalue weighted by Crippen LogP contribution is -2.28. The minimum absolute atomic E-state index is 0.0166. The van der Waals surface area contributed by atoms with E-state index in [0.717, 1.165) is 16.6 Å². The maximum atomic E-state index is 11.9. The van der Waals surface area contributed by atoms with Crippen molar-refractivity contribution in [1.82, 2.24) is 9.13 Å². The summed E-state index contributed by atoms with van der Waals surface area (Å²) in [5.74, 6) is -0.350. The number of rotatable bonds is 5. The largest absolute Gasteiger partial charge is 0.465 e. The van der Waals surface area contributed by atoms with Gasteiger partial charge in [-0.25, -0.2) is 0 Å². The van der Waals surface area contributed by atoms with Gasteiger partial charge in [0, 0.05) is 5.02 Å². The van der Waals surface area contributed by atoms with Crippen LogP contribution in [0.4, 0.5) is 0 Å². The van der Waals surface area contributed by atoms with Gasteiger partial charge in [0.1, 0.15) is 6.54 Å². The number of para-hydroxylation sites is 2. The molecule has 0 aliphatic rings. The van der Waals surface area contributed by atoms with Crippen LogP contribution in [0, 0.1) is 5.41 Å². The van der Waals surface area contributed by atoms with Crippen molar-refractivity contribution in [2.24, 2.45) is 0 Å². The van der Waals surface area contributed by atoms with Crippen molar-refractivity contribution in [1.29, 1.82) is 5.41 Å². The van der Waals surface area contributed by atoms with Crippen LogP contribution >= 0.6 is 11.6 Å². The molecule has 0 aliphatic carbocycles. The highest BCUT2D eigenvalue weighted by atomic mass is 35.5. The van der Waals surface area contributed by atoms with E-state index in [1.165, 1.54) is 0 Å². The Hall–Kier alpha value is -2.53. The summed E-state index contributed by atoms with van der Waals surface area (Å²) in [5, 5.41) is 9.15. The number of esters is 1. The molecule has 0 aliphatic heterocycles. The molecule has 0 unspecified atom stereocenters. The molecule has 1 aromatic heterocycles. The number of benzene rings is 2. The lowest BCUT2D eigenvalue weighted by atomic mass is 10.2. The zero-order valence-electron chi connectivity index (χ0n) is 13.3. The lowest BCUT2D eigenvalue weighted by molar-refractivity contribution is -0.143. The Balaban J connectivity index is 2.08. The highest BCUT2D eigenvalue weighted by molar-refractivity contribution is 6.31. The molecular weight excluding hydrogens is 326 g/mol. The molecule has 0 radical (unpaired) electrons. The van der Waals surface area contributed by atoms with Gasteiger partial charge in [-0.05, 0) is 30.7 Å². The number of hydrogen-bond donors (Lipinski definition) is 1. The van der Waals surface area contributed by atoms with E-state index in [4.69, 9.17) is 21.7 Å². The molecule has 3 aromatic rings. The fourth-order valence-electron chi connectivity index (χ4n) is 2.75. The first-order chi connectivity index (χ1) is 11.6. The van der Waals surface area contributed by atoms with E-state index >= 15 is 0 Å². The fourth-order valence-corrected chi connectivity index (χ4v) is 2.94. The predicted octanol–water partition coefficient (Wildman–Crippen LogP) is 3.19. The van der Waals surface area contributed by atoms with E-state index in [1.807, 2.05) is 53.1 Å². The van der Waals surface area contributed by atoms with Crippen LogP contribution in [-0.4, -0.2) is 21.7 Å². The standard InChI is InChI=1S/C18H18ClN3O2/c1-2-24-17(23)12-22-16-10-6-5-9-15(16)21(18(22)20)11-13-7-3-4-8-14(13)19/h3-10,20H,2,11-12H2,1H3. The molecule has 124 valence electrons. The summed E-state index contributed by atoms with van der Waals surface area (Å²) in [6.45, 7) is 2.58. The molecule has 0 bridgehead atoms. The molecular formula is C18H18ClN3O2. The number of halogens is 1. The maximum absolute atomic E-state index is 11.9. The van der Waals surface area contributed by atoms with Crippen molar-refractivity contribution < 1.29 is 9.53 Å². The monoisotopic (exact) mass is 343 g/mol. The summed E-state index contributed by atoms with van der Waals surface area (Å²) in [7, 11) is 0. The summed E-state index contributed by atoms with van der Waals surface area (Å²) in [6, 6.07) is 15.2. The second-order valence-corrected chi connectivity index (χ2v) is 5.79. The predicted molar refractivity (Wildman–Crippen MR) is 93.0 cm³/mol. The zero-order chi connectivity index (χ0) is 17.1. The van der Waals surface area contributed by atoms with E-state index in [1.54, 1.807) is 11.5 Å². The van der Waals surface area contributed by atoms with E-state index in [0.29, 0.717) is 18.2 Å². The Kier molecular flexibility index (Phi) is 4.71. The molecule has 0 saturated heterocycles. The highest BCUT2D eigenvalue weighted by Crippen LogP contribution is 2.19. The van der Waals surface area contributed by atoms with Gasteiger partial charge in [0.2, 0.25) is 5.62 Å². The Morgan fingerprint density at radius 1 is 1.08 bits per heavy atom. The van der Waals surface area contributed by atoms with Gasteiger partial charge < -0.3 is 9.30 Å². The van der Waals surface area contributed by atoms with Gasteiger partial charge in [0.05, 0.1) is 24.2 Å². The van der Waals surface area contributed by atoms with Gasteiger partial charge >= 0.3 is 5.97 Å². The summed E-state index contributed by atoms with van der Waals surface area (Å²) >= 11 is 6.25. The zero-order valence-corrected chi connectivity index (χ0v) is 14.1. The number of nitrogens with one attached hydrogen (secondary N) is 1. The number of hydrogen-bond acceptors (Lipinski definition) is 3. The van der Waals surface area contributed by atoms with Crippen LogP contribution in [-0.2, 0) is 22.6 Å². The molecule has 1 heterocycles. The second kappa shape index (κ2) is 6.93. The van der Waals surface area contributed by atoms with Gasteiger partial charge in [0.25, 0.3) is 0 Å². The third-order valence-corrected chi connectivity index (χ3v) is 4.22. The molecule has 3 rings (SSSR count). The first kappa shape index (κ1) is 16.3. The van der Waals surface area contributed by atoms with Crippen LogP contribution in [0.15, 0.2) is 48.5 Å². The average molecular weight is 344 g/mol. The van der Waals surface area contributed by atoms with E-state index in [-0.39, 0.29) is 18.1 Å². The molecule has 0 amide bonds. The summed E-state index contributed by atoms with van der Waals surface area (Å²) in [6.07, 6.45) is 0. The van der Waals surface area contributed by atoms with Crippen LogP contribution in [0.3, 0.4) is 0 Å². The molecule has 0 fully saturated rings. The number of nitrogens with zero attached hydrogens (tertiary/aromatic N) is 2. The third-order valence-electron chi connectivity index (χ3n) is 3.85. The second-order valence-electron chi connectivity index (χ2n) is 5.38. The fraction of sp³-hybridized carbons (Fsp3) is 0.222. The van der Waals surface area contributed by atoms with Crippen LogP contribution in [0.1, 0.15) is 12.5 Å². The average Bonchev–Trinajstić information content (AvgIpc) is 2.83. The van der Waals surface area contributed by atoms with Crippen LogP contribution in [0.25, 0.3) is 11.0 Å². The van der Waals surface area contributed by atoms with Crippen molar-refractivity contribution in [3.63, 3.8) is 0 Å². The Morgan fingerprint density at radius 2 is 1.71 bits per heavy atom. The number of ether oxygens (including phenoxy) is 1. The van der Waals surface area contributed by atoms with Crippen molar-refractivity contribution in [3.8, 4) is 0 Å². The van der Waals surface area contributed by atoms with Gasteiger partial charge in [0.15, 0.2) is 0 Å². The minimum atomic E-state index is -0.350. The maximum Gasteiger partial charge on any atom is 0.326 e.